The number of primary amides is 1. The SMILES string of the molecule is Cn1ncc(NC(=O)c2ccccc2)c1C(N)=O. The molecule has 2 rings (SSSR count). The van der Waals surface area contributed by atoms with Crippen molar-refractivity contribution in [3.63, 3.8) is 0 Å². The minimum Gasteiger partial charge on any atom is -0.364 e. The average molecular weight is 244 g/mol. The molecule has 0 aliphatic rings. The molecule has 18 heavy (non-hydrogen) atoms. The first-order chi connectivity index (χ1) is 8.59. The summed E-state index contributed by atoms with van der Waals surface area (Å²) in [5, 5.41) is 6.49. The highest BCUT2D eigenvalue weighted by atomic mass is 16.2. The van der Waals surface area contributed by atoms with Crippen LogP contribution < -0.4 is 11.1 Å². The first kappa shape index (κ1) is 11.8. The van der Waals surface area contributed by atoms with Gasteiger partial charge in [-0.25, -0.2) is 0 Å². The lowest BCUT2D eigenvalue weighted by atomic mass is 10.2. The van der Waals surface area contributed by atoms with Crippen LogP contribution in [0.3, 0.4) is 0 Å². The maximum atomic E-state index is 11.9. The fraction of sp³-hybridized carbons (Fsp3) is 0.0833. The van der Waals surface area contributed by atoms with Gasteiger partial charge in [-0.05, 0) is 12.1 Å². The highest BCUT2D eigenvalue weighted by Crippen LogP contribution is 2.14. The minimum atomic E-state index is -0.640. The molecule has 1 aromatic heterocycles. The summed E-state index contributed by atoms with van der Waals surface area (Å²) in [5.74, 6) is -0.954. The van der Waals surface area contributed by atoms with Crippen molar-refractivity contribution in [1.29, 1.82) is 0 Å². The highest BCUT2D eigenvalue weighted by molar-refractivity contribution is 6.07. The first-order valence-corrected chi connectivity index (χ1v) is 5.28. The van der Waals surface area contributed by atoms with Crippen molar-refractivity contribution in [2.75, 3.05) is 5.32 Å². The number of nitrogens with two attached hydrogens (primary N) is 1. The van der Waals surface area contributed by atoms with Gasteiger partial charge in [-0.3, -0.25) is 14.3 Å². The van der Waals surface area contributed by atoms with Crippen LogP contribution >= 0.6 is 0 Å². The Kier molecular flexibility index (Phi) is 3.09. The second kappa shape index (κ2) is 4.70. The van der Waals surface area contributed by atoms with E-state index < -0.39 is 5.91 Å². The third-order valence-corrected chi connectivity index (χ3v) is 2.46. The second-order valence-corrected chi connectivity index (χ2v) is 3.71. The zero-order valence-corrected chi connectivity index (χ0v) is 9.75. The first-order valence-electron chi connectivity index (χ1n) is 5.28. The molecule has 92 valence electrons. The number of hydrogen-bond donors (Lipinski definition) is 2. The summed E-state index contributed by atoms with van der Waals surface area (Å²) in [6.07, 6.45) is 1.39. The lowest BCUT2D eigenvalue weighted by Crippen LogP contribution is -2.20. The zero-order chi connectivity index (χ0) is 13.1. The molecule has 0 saturated carbocycles. The molecule has 0 atom stereocenters. The van der Waals surface area contributed by atoms with Crippen LogP contribution in [0.4, 0.5) is 5.69 Å². The number of carbonyl (C=O) groups excluding carboxylic acids is 2. The number of nitrogens with zero attached hydrogens (tertiary/aromatic N) is 2. The molecule has 0 aliphatic carbocycles. The van der Waals surface area contributed by atoms with E-state index in [0.717, 1.165) is 0 Å². The van der Waals surface area contributed by atoms with Gasteiger partial charge in [0.15, 0.2) is 0 Å². The van der Waals surface area contributed by atoms with Crippen molar-refractivity contribution in [3.8, 4) is 0 Å². The van der Waals surface area contributed by atoms with Gasteiger partial charge in [0, 0.05) is 12.6 Å². The Morgan fingerprint density at radius 2 is 1.94 bits per heavy atom. The third kappa shape index (κ3) is 2.22. The Morgan fingerprint density at radius 1 is 1.28 bits per heavy atom. The van der Waals surface area contributed by atoms with E-state index in [2.05, 4.69) is 10.4 Å². The number of amides is 2. The van der Waals surface area contributed by atoms with Crippen molar-refractivity contribution < 1.29 is 9.59 Å². The molecular weight excluding hydrogens is 232 g/mol. The molecule has 6 heteroatoms. The van der Waals surface area contributed by atoms with Gasteiger partial charge in [-0.1, -0.05) is 18.2 Å². The number of anilines is 1. The fourth-order valence-corrected chi connectivity index (χ4v) is 1.61. The summed E-state index contributed by atoms with van der Waals surface area (Å²) in [7, 11) is 1.58. The molecule has 0 unspecified atom stereocenters. The molecule has 2 amide bonds. The lowest BCUT2D eigenvalue weighted by molar-refractivity contribution is 0.0992. The standard InChI is InChI=1S/C12H12N4O2/c1-16-10(11(13)17)9(7-14-16)15-12(18)8-5-3-2-4-6-8/h2-7H,1H3,(H2,13,17)(H,15,18). The molecule has 1 heterocycles. The Balaban J connectivity index is 2.25. The molecule has 3 N–H and O–H groups in total. The third-order valence-electron chi connectivity index (χ3n) is 2.46. The van der Waals surface area contributed by atoms with Gasteiger partial charge in [-0.2, -0.15) is 5.10 Å². The van der Waals surface area contributed by atoms with E-state index in [1.807, 2.05) is 6.07 Å². The summed E-state index contributed by atoms with van der Waals surface area (Å²) in [6, 6.07) is 8.68. The lowest BCUT2D eigenvalue weighted by Gasteiger charge is -2.04. The van der Waals surface area contributed by atoms with Gasteiger partial charge >= 0.3 is 0 Å². The van der Waals surface area contributed by atoms with Gasteiger partial charge < -0.3 is 11.1 Å². The van der Waals surface area contributed by atoms with Crippen molar-refractivity contribution in [2.24, 2.45) is 12.8 Å². The number of nitrogens with one attached hydrogen (secondary N) is 1. The molecule has 1 aromatic carbocycles. The monoisotopic (exact) mass is 244 g/mol. The molecular formula is C12H12N4O2. The maximum absolute atomic E-state index is 11.9. The van der Waals surface area contributed by atoms with Crippen LogP contribution in [0, 0.1) is 0 Å². The zero-order valence-electron chi connectivity index (χ0n) is 9.75. The van der Waals surface area contributed by atoms with Crippen LogP contribution in [0.2, 0.25) is 0 Å². The van der Waals surface area contributed by atoms with Gasteiger partial charge in [0.25, 0.3) is 11.8 Å². The van der Waals surface area contributed by atoms with Crippen LogP contribution in [-0.2, 0) is 7.05 Å². The van der Waals surface area contributed by atoms with E-state index in [1.54, 1.807) is 31.3 Å². The van der Waals surface area contributed by atoms with Gasteiger partial charge in [0.05, 0.1) is 11.9 Å². The van der Waals surface area contributed by atoms with Gasteiger partial charge in [-0.15, -0.1) is 0 Å². The summed E-state index contributed by atoms with van der Waals surface area (Å²) in [6.45, 7) is 0. The normalized spacial score (nSPS) is 10.1. The van der Waals surface area contributed by atoms with Crippen LogP contribution in [0.25, 0.3) is 0 Å². The highest BCUT2D eigenvalue weighted by Gasteiger charge is 2.16. The van der Waals surface area contributed by atoms with Crippen molar-refractivity contribution in [1.82, 2.24) is 9.78 Å². The topological polar surface area (TPSA) is 90.0 Å². The Bertz CT molecular complexity index is 589. The number of aryl methyl sites for hydroxylation is 1. The van der Waals surface area contributed by atoms with Crippen LogP contribution in [-0.4, -0.2) is 21.6 Å². The quantitative estimate of drug-likeness (QED) is 0.835. The number of hydrogen-bond acceptors (Lipinski definition) is 3. The fourth-order valence-electron chi connectivity index (χ4n) is 1.61. The van der Waals surface area contributed by atoms with Crippen LogP contribution in [0.5, 0.6) is 0 Å². The number of benzene rings is 1. The molecule has 6 nitrogen and oxygen atoms in total. The number of carbonyl (C=O) groups is 2. The molecule has 0 spiro atoms. The summed E-state index contributed by atoms with van der Waals surface area (Å²) in [5.41, 5.74) is 6.19. The van der Waals surface area contributed by atoms with Crippen molar-refractivity contribution >= 4 is 17.5 Å². The van der Waals surface area contributed by atoms with E-state index in [9.17, 15) is 9.59 Å². The minimum absolute atomic E-state index is 0.166. The number of aromatic nitrogens is 2. The van der Waals surface area contributed by atoms with Gasteiger partial charge in [0.2, 0.25) is 0 Å². The average Bonchev–Trinajstić information content (AvgIpc) is 2.71. The van der Waals surface area contributed by atoms with E-state index in [1.165, 1.54) is 10.9 Å². The molecule has 2 aromatic rings. The maximum Gasteiger partial charge on any atom is 0.269 e. The second-order valence-electron chi connectivity index (χ2n) is 3.71. The Hall–Kier alpha value is -2.63. The van der Waals surface area contributed by atoms with Gasteiger partial charge in [0.1, 0.15) is 5.69 Å². The van der Waals surface area contributed by atoms with E-state index in [0.29, 0.717) is 11.3 Å². The van der Waals surface area contributed by atoms with Crippen LogP contribution in [0.1, 0.15) is 20.8 Å². The summed E-state index contributed by atoms with van der Waals surface area (Å²) >= 11 is 0. The molecule has 0 aliphatic heterocycles. The smallest absolute Gasteiger partial charge is 0.269 e. The number of rotatable bonds is 3. The molecule has 0 fully saturated rings. The Morgan fingerprint density at radius 3 is 2.56 bits per heavy atom. The largest absolute Gasteiger partial charge is 0.364 e. The predicted molar refractivity (Wildman–Crippen MR) is 66.1 cm³/mol. The van der Waals surface area contributed by atoms with Crippen LogP contribution in [0.15, 0.2) is 36.5 Å². The Labute approximate surface area is 103 Å². The predicted octanol–water partition coefficient (Wildman–Crippen LogP) is 0.771. The van der Waals surface area contributed by atoms with E-state index in [-0.39, 0.29) is 11.6 Å². The molecule has 0 radical (unpaired) electrons. The van der Waals surface area contributed by atoms with Crippen molar-refractivity contribution in [2.45, 2.75) is 0 Å². The van der Waals surface area contributed by atoms with E-state index >= 15 is 0 Å². The summed E-state index contributed by atoms with van der Waals surface area (Å²) in [4.78, 5) is 23.1. The molecule has 0 bridgehead atoms. The molecule has 0 saturated heterocycles. The van der Waals surface area contributed by atoms with E-state index in [4.69, 9.17) is 5.73 Å². The van der Waals surface area contributed by atoms with Crippen molar-refractivity contribution in [3.05, 3.63) is 47.8 Å². The summed E-state index contributed by atoms with van der Waals surface area (Å²) < 4.78 is 1.32.